The van der Waals surface area contributed by atoms with Crippen molar-refractivity contribution in [2.75, 3.05) is 6.54 Å². The maximum Gasteiger partial charge on any atom is 0.138 e. The minimum absolute atomic E-state index is 0.0543. The van der Waals surface area contributed by atoms with E-state index in [9.17, 15) is 4.79 Å². The molecule has 0 aromatic heterocycles. The van der Waals surface area contributed by atoms with Crippen LogP contribution in [0.15, 0.2) is 24.3 Å². The van der Waals surface area contributed by atoms with Crippen molar-refractivity contribution >= 4 is 6.29 Å². The zero-order chi connectivity index (χ0) is 9.97. The fraction of sp³-hybridized carbons (Fsp3) is 0.364. The Bertz CT molecular complexity index is 321. The van der Waals surface area contributed by atoms with E-state index in [-0.39, 0.29) is 12.2 Å². The molecule has 0 radical (unpaired) electrons. The number of aryl methyl sites for hydroxylation is 1. The Morgan fingerprint density at radius 2 is 2.07 bits per heavy atom. The molecule has 2 N–H and O–H groups in total. The lowest BCUT2D eigenvalue weighted by Crippen LogP contribution is -2.27. The number of carbonyl (C=O) groups is 1. The van der Waals surface area contributed by atoms with Crippen molar-refractivity contribution in [3.05, 3.63) is 35.4 Å². The number of carbonyl (C=O) groups excluding carboxylic acids is 1. The van der Waals surface area contributed by atoms with Gasteiger partial charge in [-0.1, -0.05) is 29.8 Å². The molecule has 2 unspecified atom stereocenters. The van der Waals surface area contributed by atoms with Gasteiger partial charge in [0, 0.05) is 6.54 Å². The normalized spacial score (nSPS) is 26.4. The molecule has 3 nitrogen and oxygen atoms in total. The zero-order valence-electron chi connectivity index (χ0n) is 8.16. The number of rotatable bonds is 2. The molecule has 3 heteroatoms. The van der Waals surface area contributed by atoms with Crippen LogP contribution in [0.4, 0.5) is 0 Å². The molecule has 1 saturated heterocycles. The first kappa shape index (κ1) is 9.37. The minimum Gasteiger partial charge on any atom is -0.302 e. The molecular weight excluding hydrogens is 176 g/mol. The summed E-state index contributed by atoms with van der Waals surface area (Å²) in [7, 11) is 0. The lowest BCUT2D eigenvalue weighted by atomic mass is 10.1. The van der Waals surface area contributed by atoms with Crippen LogP contribution in [-0.2, 0) is 4.79 Å². The summed E-state index contributed by atoms with van der Waals surface area (Å²) in [5.74, 6) is 0. The van der Waals surface area contributed by atoms with E-state index in [1.165, 1.54) is 11.1 Å². The van der Waals surface area contributed by atoms with Crippen LogP contribution >= 0.6 is 0 Å². The molecule has 1 fully saturated rings. The standard InChI is InChI=1S/C11H14N2O/c1-8-2-4-9(5-3-8)11-12-6-10(7-14)13-11/h2-5,7,10-13H,6H2,1H3. The fourth-order valence-electron chi connectivity index (χ4n) is 1.64. The highest BCUT2D eigenvalue weighted by Crippen LogP contribution is 2.14. The van der Waals surface area contributed by atoms with Crippen molar-refractivity contribution in [1.29, 1.82) is 0 Å². The van der Waals surface area contributed by atoms with Gasteiger partial charge in [-0.2, -0.15) is 0 Å². The highest BCUT2D eigenvalue weighted by molar-refractivity contribution is 5.58. The highest BCUT2D eigenvalue weighted by atomic mass is 16.1. The highest BCUT2D eigenvalue weighted by Gasteiger charge is 2.22. The van der Waals surface area contributed by atoms with Gasteiger partial charge in [-0.05, 0) is 12.5 Å². The van der Waals surface area contributed by atoms with Gasteiger partial charge in [-0.25, -0.2) is 0 Å². The van der Waals surface area contributed by atoms with Gasteiger partial charge in [-0.3, -0.25) is 10.6 Å². The minimum atomic E-state index is -0.0543. The summed E-state index contributed by atoms with van der Waals surface area (Å²) in [6.45, 7) is 2.77. The van der Waals surface area contributed by atoms with Crippen molar-refractivity contribution in [3.8, 4) is 0 Å². The second-order valence-corrected chi connectivity index (χ2v) is 3.66. The van der Waals surface area contributed by atoms with Crippen LogP contribution in [0.1, 0.15) is 17.3 Å². The average Bonchev–Trinajstić information content (AvgIpc) is 2.67. The molecule has 1 aliphatic heterocycles. The second kappa shape index (κ2) is 3.90. The molecule has 1 aromatic rings. The second-order valence-electron chi connectivity index (χ2n) is 3.66. The molecule has 0 saturated carbocycles. The van der Waals surface area contributed by atoms with Gasteiger partial charge in [-0.15, -0.1) is 0 Å². The summed E-state index contributed by atoms with van der Waals surface area (Å²) in [5, 5.41) is 6.45. The van der Waals surface area contributed by atoms with Crippen molar-refractivity contribution in [2.45, 2.75) is 19.1 Å². The number of nitrogens with one attached hydrogen (secondary N) is 2. The monoisotopic (exact) mass is 190 g/mol. The van der Waals surface area contributed by atoms with Crippen LogP contribution in [0.5, 0.6) is 0 Å². The number of hydrogen-bond acceptors (Lipinski definition) is 3. The van der Waals surface area contributed by atoms with Crippen LogP contribution in [-0.4, -0.2) is 18.9 Å². The van der Waals surface area contributed by atoms with Gasteiger partial charge in [0.05, 0.1) is 12.2 Å². The molecule has 1 aromatic carbocycles. The topological polar surface area (TPSA) is 41.1 Å². The average molecular weight is 190 g/mol. The van der Waals surface area contributed by atoms with Gasteiger partial charge in [0.1, 0.15) is 6.29 Å². The van der Waals surface area contributed by atoms with E-state index >= 15 is 0 Å². The van der Waals surface area contributed by atoms with E-state index in [2.05, 4.69) is 41.8 Å². The number of aldehydes is 1. The summed E-state index contributed by atoms with van der Waals surface area (Å²) in [4.78, 5) is 10.5. The first-order valence-electron chi connectivity index (χ1n) is 4.81. The molecule has 1 aliphatic rings. The predicted molar refractivity (Wildman–Crippen MR) is 54.9 cm³/mol. The Balaban J connectivity index is 2.09. The maximum atomic E-state index is 10.5. The zero-order valence-corrected chi connectivity index (χ0v) is 8.16. The molecule has 0 amide bonds. The quantitative estimate of drug-likeness (QED) is 0.676. The summed E-state index contributed by atoms with van der Waals surface area (Å²) in [6.07, 6.45) is 1.06. The largest absolute Gasteiger partial charge is 0.302 e. The third-order valence-electron chi connectivity index (χ3n) is 2.50. The van der Waals surface area contributed by atoms with E-state index in [0.717, 1.165) is 6.29 Å². The molecule has 0 spiro atoms. The molecule has 2 atom stereocenters. The predicted octanol–water partition coefficient (Wildman–Crippen LogP) is 0.754. The Labute approximate surface area is 83.5 Å². The van der Waals surface area contributed by atoms with Crippen LogP contribution in [0, 0.1) is 6.92 Å². The first-order chi connectivity index (χ1) is 6.79. The van der Waals surface area contributed by atoms with E-state index in [1.54, 1.807) is 0 Å². The lowest BCUT2D eigenvalue weighted by Gasteiger charge is -2.11. The fourth-order valence-corrected chi connectivity index (χ4v) is 1.64. The summed E-state index contributed by atoms with van der Waals surface area (Å²) < 4.78 is 0. The molecular formula is C11H14N2O. The third-order valence-corrected chi connectivity index (χ3v) is 2.50. The summed E-state index contributed by atoms with van der Waals surface area (Å²) >= 11 is 0. The van der Waals surface area contributed by atoms with E-state index in [4.69, 9.17) is 0 Å². The Morgan fingerprint density at radius 1 is 1.36 bits per heavy atom. The molecule has 0 bridgehead atoms. The van der Waals surface area contributed by atoms with Gasteiger partial charge in [0.25, 0.3) is 0 Å². The SMILES string of the molecule is Cc1ccc(C2NCC(C=O)N2)cc1. The van der Waals surface area contributed by atoms with Gasteiger partial charge < -0.3 is 4.79 Å². The smallest absolute Gasteiger partial charge is 0.138 e. The van der Waals surface area contributed by atoms with Gasteiger partial charge in [0.2, 0.25) is 0 Å². The van der Waals surface area contributed by atoms with Crippen LogP contribution < -0.4 is 10.6 Å². The van der Waals surface area contributed by atoms with Crippen LogP contribution in [0.25, 0.3) is 0 Å². The molecule has 74 valence electrons. The third kappa shape index (κ3) is 1.84. The van der Waals surface area contributed by atoms with Crippen molar-refractivity contribution in [2.24, 2.45) is 0 Å². The molecule has 14 heavy (non-hydrogen) atoms. The molecule has 2 rings (SSSR count). The molecule has 1 heterocycles. The summed E-state index contributed by atoms with van der Waals surface area (Å²) in [6, 6.07) is 8.25. The Hall–Kier alpha value is -1.19. The van der Waals surface area contributed by atoms with E-state index in [1.807, 2.05) is 0 Å². The van der Waals surface area contributed by atoms with Crippen LogP contribution in [0.3, 0.4) is 0 Å². The van der Waals surface area contributed by atoms with Crippen LogP contribution in [0.2, 0.25) is 0 Å². The Kier molecular flexibility index (Phi) is 2.61. The Morgan fingerprint density at radius 3 is 2.64 bits per heavy atom. The van der Waals surface area contributed by atoms with Crippen molar-refractivity contribution in [3.63, 3.8) is 0 Å². The summed E-state index contributed by atoms with van der Waals surface area (Å²) in [5.41, 5.74) is 2.43. The molecule has 0 aliphatic carbocycles. The van der Waals surface area contributed by atoms with Gasteiger partial charge >= 0.3 is 0 Å². The lowest BCUT2D eigenvalue weighted by molar-refractivity contribution is -0.109. The van der Waals surface area contributed by atoms with E-state index < -0.39 is 0 Å². The van der Waals surface area contributed by atoms with Gasteiger partial charge in [0.15, 0.2) is 0 Å². The van der Waals surface area contributed by atoms with Crippen molar-refractivity contribution < 1.29 is 4.79 Å². The van der Waals surface area contributed by atoms with E-state index in [0.29, 0.717) is 6.54 Å². The maximum absolute atomic E-state index is 10.5. The first-order valence-corrected chi connectivity index (χ1v) is 4.81. The number of hydrogen-bond donors (Lipinski definition) is 2. The number of benzene rings is 1. The van der Waals surface area contributed by atoms with Crippen molar-refractivity contribution in [1.82, 2.24) is 10.6 Å².